The fraction of sp³-hybridized carbons (Fsp3) is 0.727. The van der Waals surface area contributed by atoms with Gasteiger partial charge in [-0.1, -0.05) is 0 Å². The van der Waals surface area contributed by atoms with E-state index >= 15 is 0 Å². The van der Waals surface area contributed by atoms with Gasteiger partial charge in [-0.3, -0.25) is 9.69 Å². The van der Waals surface area contributed by atoms with Crippen LogP contribution in [-0.4, -0.2) is 85.9 Å². The largest absolute Gasteiger partial charge is 0.379 e. The van der Waals surface area contributed by atoms with Crippen LogP contribution in [0.4, 0.5) is 4.79 Å². The Labute approximate surface area is 189 Å². The lowest BCUT2D eigenvalue weighted by Crippen LogP contribution is -2.67. The lowest BCUT2D eigenvalue weighted by molar-refractivity contribution is -0.124. The zero-order valence-corrected chi connectivity index (χ0v) is 19.8. The summed E-state index contributed by atoms with van der Waals surface area (Å²) in [6, 6.07) is 4.04. The summed E-state index contributed by atoms with van der Waals surface area (Å²) in [6.45, 7) is 11.6. The van der Waals surface area contributed by atoms with Crippen molar-refractivity contribution in [1.29, 1.82) is 0 Å². The van der Waals surface area contributed by atoms with Gasteiger partial charge in [0, 0.05) is 61.5 Å². The monoisotopic (exact) mass is 452 g/mol. The van der Waals surface area contributed by atoms with Crippen molar-refractivity contribution in [2.45, 2.75) is 51.8 Å². The molecule has 0 atom stereocenters. The Bertz CT molecular complexity index is 729. The molecule has 0 bridgehead atoms. The standard InChI is InChI=1S/C22H36N4O4S/c1-4-30-19-13-22(14-19,26-9-11-29-12-10-26)16-24-21(28)25(8-7-23-18(3)27)15-20-6-5-17(2)31-20/h5-6,19H,4,7-16H2,1-3H3,(H,23,27)(H,24,28). The molecule has 1 aromatic heterocycles. The SMILES string of the molecule is CCOC1CC(CNC(=O)N(CCNC(C)=O)Cc2ccc(C)s2)(N2CCOCC2)C1. The third kappa shape index (κ3) is 6.65. The summed E-state index contributed by atoms with van der Waals surface area (Å²) in [6.07, 6.45) is 2.11. The molecule has 1 aromatic rings. The number of hydrogen-bond donors (Lipinski definition) is 2. The van der Waals surface area contributed by atoms with Gasteiger partial charge in [-0.2, -0.15) is 0 Å². The molecular weight excluding hydrogens is 416 g/mol. The van der Waals surface area contributed by atoms with Crippen molar-refractivity contribution in [1.82, 2.24) is 20.4 Å². The van der Waals surface area contributed by atoms with Crippen molar-refractivity contribution in [2.75, 3.05) is 52.5 Å². The van der Waals surface area contributed by atoms with Crippen molar-refractivity contribution in [2.24, 2.45) is 0 Å². The summed E-state index contributed by atoms with van der Waals surface area (Å²) in [4.78, 5) is 31.0. The van der Waals surface area contributed by atoms with E-state index in [0.717, 1.165) is 44.0 Å². The number of rotatable bonds is 10. The fourth-order valence-electron chi connectivity index (χ4n) is 4.42. The average Bonchev–Trinajstić information content (AvgIpc) is 3.13. The minimum absolute atomic E-state index is 0.0674. The summed E-state index contributed by atoms with van der Waals surface area (Å²) < 4.78 is 11.3. The molecule has 8 nitrogen and oxygen atoms in total. The molecule has 0 spiro atoms. The van der Waals surface area contributed by atoms with Crippen LogP contribution < -0.4 is 10.6 Å². The van der Waals surface area contributed by atoms with Crippen molar-refractivity contribution in [3.63, 3.8) is 0 Å². The van der Waals surface area contributed by atoms with Crippen LogP contribution in [0, 0.1) is 6.92 Å². The van der Waals surface area contributed by atoms with Crippen molar-refractivity contribution >= 4 is 23.3 Å². The molecule has 2 heterocycles. The Morgan fingerprint density at radius 3 is 2.65 bits per heavy atom. The Hall–Kier alpha value is -1.68. The van der Waals surface area contributed by atoms with Crippen LogP contribution in [0.3, 0.4) is 0 Å². The zero-order valence-electron chi connectivity index (χ0n) is 18.9. The number of carbonyl (C=O) groups is 2. The van der Waals surface area contributed by atoms with Gasteiger partial charge in [-0.05, 0) is 38.8 Å². The summed E-state index contributed by atoms with van der Waals surface area (Å²) in [5.41, 5.74) is -0.0674. The van der Waals surface area contributed by atoms with Crippen molar-refractivity contribution in [3.05, 3.63) is 21.9 Å². The van der Waals surface area contributed by atoms with Gasteiger partial charge in [0.2, 0.25) is 5.91 Å². The van der Waals surface area contributed by atoms with Crippen LogP contribution in [-0.2, 0) is 20.8 Å². The van der Waals surface area contributed by atoms with Crippen molar-refractivity contribution in [3.8, 4) is 0 Å². The first-order chi connectivity index (χ1) is 14.9. The topological polar surface area (TPSA) is 83.1 Å². The maximum absolute atomic E-state index is 13.1. The predicted molar refractivity (Wildman–Crippen MR) is 121 cm³/mol. The molecule has 1 aliphatic carbocycles. The average molecular weight is 453 g/mol. The first-order valence-corrected chi connectivity index (χ1v) is 12.0. The molecule has 9 heteroatoms. The highest BCUT2D eigenvalue weighted by Gasteiger charge is 2.49. The van der Waals surface area contributed by atoms with E-state index in [0.29, 0.717) is 32.8 Å². The molecule has 1 aliphatic heterocycles. The van der Waals surface area contributed by atoms with E-state index in [2.05, 4.69) is 34.6 Å². The van der Waals surface area contributed by atoms with E-state index < -0.39 is 0 Å². The van der Waals surface area contributed by atoms with Gasteiger partial charge in [-0.25, -0.2) is 4.79 Å². The molecule has 174 valence electrons. The Morgan fingerprint density at radius 1 is 1.29 bits per heavy atom. The van der Waals surface area contributed by atoms with Crippen molar-refractivity contribution < 1.29 is 19.1 Å². The lowest BCUT2D eigenvalue weighted by Gasteiger charge is -2.55. The highest BCUT2D eigenvalue weighted by Crippen LogP contribution is 2.40. The summed E-state index contributed by atoms with van der Waals surface area (Å²) in [7, 11) is 0. The number of nitrogens with one attached hydrogen (secondary N) is 2. The van der Waals surface area contributed by atoms with Gasteiger partial charge < -0.3 is 25.0 Å². The Morgan fingerprint density at radius 2 is 2.03 bits per heavy atom. The number of thiophene rings is 1. The number of urea groups is 1. The summed E-state index contributed by atoms with van der Waals surface area (Å²) >= 11 is 1.69. The fourth-order valence-corrected chi connectivity index (χ4v) is 5.33. The minimum atomic E-state index is -0.0936. The van der Waals surface area contributed by atoms with E-state index in [1.165, 1.54) is 11.8 Å². The number of nitrogens with zero attached hydrogens (tertiary/aromatic N) is 2. The molecule has 3 amide bonds. The second-order valence-corrected chi connectivity index (χ2v) is 9.76. The second-order valence-electron chi connectivity index (χ2n) is 8.38. The third-order valence-electron chi connectivity index (χ3n) is 6.05. The maximum atomic E-state index is 13.1. The normalized spacial score (nSPS) is 23.8. The molecule has 2 N–H and O–H groups in total. The second kappa shape index (κ2) is 11.3. The maximum Gasteiger partial charge on any atom is 0.317 e. The highest BCUT2D eigenvalue weighted by molar-refractivity contribution is 7.11. The Balaban J connectivity index is 1.61. The molecule has 2 fully saturated rings. The van der Waals surface area contributed by atoms with Gasteiger partial charge in [-0.15, -0.1) is 11.3 Å². The molecule has 0 radical (unpaired) electrons. The summed E-state index contributed by atoms with van der Waals surface area (Å²) in [5.74, 6) is -0.0879. The predicted octanol–water partition coefficient (Wildman–Crippen LogP) is 1.97. The van der Waals surface area contributed by atoms with E-state index in [9.17, 15) is 9.59 Å². The van der Waals surface area contributed by atoms with Crippen LogP contribution in [0.5, 0.6) is 0 Å². The van der Waals surface area contributed by atoms with E-state index in [4.69, 9.17) is 9.47 Å². The van der Waals surface area contributed by atoms with Gasteiger partial charge in [0.15, 0.2) is 0 Å². The van der Waals surface area contributed by atoms with Gasteiger partial charge in [0.25, 0.3) is 0 Å². The Kier molecular flexibility index (Phi) is 8.71. The zero-order chi connectivity index (χ0) is 22.3. The minimum Gasteiger partial charge on any atom is -0.379 e. The van der Waals surface area contributed by atoms with Crippen LogP contribution >= 0.6 is 11.3 Å². The quantitative estimate of drug-likeness (QED) is 0.567. The summed E-state index contributed by atoms with van der Waals surface area (Å²) in [5, 5.41) is 5.98. The molecule has 0 unspecified atom stereocenters. The number of morpholine rings is 1. The van der Waals surface area contributed by atoms with Crippen LogP contribution in [0.15, 0.2) is 12.1 Å². The van der Waals surface area contributed by atoms with Gasteiger partial charge in [0.05, 0.1) is 25.9 Å². The molecule has 2 aliphatic rings. The van der Waals surface area contributed by atoms with E-state index in [-0.39, 0.29) is 23.6 Å². The molecule has 0 aromatic carbocycles. The third-order valence-corrected chi connectivity index (χ3v) is 7.04. The van der Waals surface area contributed by atoms with E-state index in [1.54, 1.807) is 16.2 Å². The van der Waals surface area contributed by atoms with Gasteiger partial charge >= 0.3 is 6.03 Å². The molecular formula is C22H36N4O4S. The number of aryl methyl sites for hydroxylation is 1. The molecule has 1 saturated carbocycles. The van der Waals surface area contributed by atoms with Gasteiger partial charge in [0.1, 0.15) is 0 Å². The first kappa shape index (κ1) is 24.0. The van der Waals surface area contributed by atoms with Crippen LogP contribution in [0.1, 0.15) is 36.4 Å². The smallest absolute Gasteiger partial charge is 0.317 e. The first-order valence-electron chi connectivity index (χ1n) is 11.2. The molecule has 1 saturated heterocycles. The van der Waals surface area contributed by atoms with Crippen LogP contribution in [0.2, 0.25) is 0 Å². The molecule has 3 rings (SSSR count). The number of hydrogen-bond acceptors (Lipinski definition) is 6. The lowest BCUT2D eigenvalue weighted by atomic mass is 9.72. The van der Waals surface area contributed by atoms with Crippen LogP contribution in [0.25, 0.3) is 0 Å². The number of carbonyl (C=O) groups excluding carboxylic acids is 2. The van der Waals surface area contributed by atoms with E-state index in [1.807, 2.05) is 6.92 Å². The number of ether oxygens (including phenoxy) is 2. The number of amides is 3. The molecule has 31 heavy (non-hydrogen) atoms. The highest BCUT2D eigenvalue weighted by atomic mass is 32.1.